The second-order valence-electron chi connectivity index (χ2n) is 4.67. The van der Waals surface area contributed by atoms with Crippen LogP contribution in [0, 0.1) is 5.92 Å². The number of halogens is 1. The number of ether oxygens (including phenoxy) is 1. The molecule has 1 heterocycles. The first-order chi connectivity index (χ1) is 9.58. The molecule has 0 spiro atoms. The topological polar surface area (TPSA) is 62.7 Å². The maximum absolute atomic E-state index is 11.3. The van der Waals surface area contributed by atoms with Gasteiger partial charge in [-0.2, -0.15) is 0 Å². The van der Waals surface area contributed by atoms with Gasteiger partial charge in [0.1, 0.15) is 0 Å². The average molecular weight is 425 g/mol. The van der Waals surface area contributed by atoms with Crippen LogP contribution in [0.25, 0.3) is 0 Å². The lowest BCUT2D eigenvalue weighted by atomic mass is 10.1. The number of carbonyl (C=O) groups excluding carboxylic acids is 1. The first-order valence-corrected chi connectivity index (χ1v) is 7.52. The van der Waals surface area contributed by atoms with E-state index in [4.69, 9.17) is 0 Å². The van der Waals surface area contributed by atoms with E-state index in [2.05, 4.69) is 44.8 Å². The molecule has 0 bridgehead atoms. The minimum Gasteiger partial charge on any atom is -0.469 e. The molecule has 0 fully saturated rings. The molecule has 120 valence electrons. The summed E-state index contributed by atoms with van der Waals surface area (Å²) in [7, 11) is 3.11. The van der Waals surface area contributed by atoms with Gasteiger partial charge in [0, 0.05) is 30.9 Å². The van der Waals surface area contributed by atoms with Crippen molar-refractivity contribution in [3.8, 4) is 0 Å². The molecule has 0 aliphatic carbocycles. The molecular formula is C14H24IN3O2S. The number of rotatable bonds is 6. The number of esters is 1. The summed E-state index contributed by atoms with van der Waals surface area (Å²) in [5.74, 6) is 0.698. The number of aliphatic imine (C=N–C) groups is 1. The molecule has 0 radical (unpaired) electrons. The van der Waals surface area contributed by atoms with Gasteiger partial charge < -0.3 is 15.4 Å². The van der Waals surface area contributed by atoms with E-state index >= 15 is 0 Å². The van der Waals surface area contributed by atoms with Gasteiger partial charge in [0.2, 0.25) is 0 Å². The molecule has 0 aliphatic heterocycles. The smallest absolute Gasteiger partial charge is 0.310 e. The van der Waals surface area contributed by atoms with Gasteiger partial charge in [-0.3, -0.25) is 9.79 Å². The predicted octanol–water partition coefficient (Wildman–Crippen LogP) is 2.44. The van der Waals surface area contributed by atoms with Crippen molar-refractivity contribution in [1.82, 2.24) is 10.6 Å². The Morgan fingerprint density at radius 3 is 2.57 bits per heavy atom. The number of nitrogens with one attached hydrogen (secondary N) is 2. The van der Waals surface area contributed by atoms with Crippen molar-refractivity contribution in [3.63, 3.8) is 0 Å². The van der Waals surface area contributed by atoms with Crippen molar-refractivity contribution >= 4 is 47.2 Å². The van der Waals surface area contributed by atoms with E-state index < -0.39 is 0 Å². The zero-order valence-corrected chi connectivity index (χ0v) is 16.0. The van der Waals surface area contributed by atoms with Gasteiger partial charge in [-0.15, -0.1) is 35.3 Å². The van der Waals surface area contributed by atoms with E-state index in [9.17, 15) is 4.79 Å². The van der Waals surface area contributed by atoms with Gasteiger partial charge in [0.05, 0.1) is 13.0 Å². The molecule has 1 rings (SSSR count). The summed E-state index contributed by atoms with van der Waals surface area (Å²) in [6.07, 6.45) is 0. The number of carbonyl (C=O) groups is 1. The lowest BCUT2D eigenvalue weighted by Crippen LogP contribution is -2.42. The maximum atomic E-state index is 11.3. The number of methoxy groups -OCH3 is 1. The van der Waals surface area contributed by atoms with Crippen LogP contribution in [0.3, 0.4) is 0 Å². The third-order valence-corrected chi connectivity index (χ3v) is 4.11. The standard InChI is InChI=1S/C14H23N3O2S.HI/c1-10(12-6-5-7-20-12)8-16-14(15-3)17-9-11(2)13(18)19-4;/h5-7,10-11H,8-9H2,1-4H3,(H2,15,16,17);1H. The average Bonchev–Trinajstić information content (AvgIpc) is 3.00. The van der Waals surface area contributed by atoms with Gasteiger partial charge >= 0.3 is 5.97 Å². The highest BCUT2D eigenvalue weighted by Crippen LogP contribution is 2.19. The zero-order chi connectivity index (χ0) is 15.0. The van der Waals surface area contributed by atoms with E-state index in [1.165, 1.54) is 12.0 Å². The Bertz CT molecular complexity index is 437. The molecular weight excluding hydrogens is 401 g/mol. The first kappa shape index (κ1) is 20.2. The van der Waals surface area contributed by atoms with E-state index in [1.54, 1.807) is 18.4 Å². The van der Waals surface area contributed by atoms with Crippen LogP contribution in [0.2, 0.25) is 0 Å². The fourth-order valence-corrected chi connectivity index (χ4v) is 2.46. The van der Waals surface area contributed by atoms with Crippen LogP contribution in [-0.2, 0) is 9.53 Å². The molecule has 0 aromatic carbocycles. The van der Waals surface area contributed by atoms with E-state index in [-0.39, 0.29) is 35.9 Å². The monoisotopic (exact) mass is 425 g/mol. The van der Waals surface area contributed by atoms with Gasteiger partial charge in [-0.1, -0.05) is 19.9 Å². The minimum absolute atomic E-state index is 0. The van der Waals surface area contributed by atoms with Crippen LogP contribution in [0.15, 0.2) is 22.5 Å². The lowest BCUT2D eigenvalue weighted by molar-refractivity contribution is -0.144. The summed E-state index contributed by atoms with van der Waals surface area (Å²) < 4.78 is 4.69. The molecule has 0 saturated heterocycles. The molecule has 7 heteroatoms. The Labute approximate surface area is 147 Å². The predicted molar refractivity (Wildman–Crippen MR) is 98.7 cm³/mol. The van der Waals surface area contributed by atoms with Crippen molar-refractivity contribution < 1.29 is 9.53 Å². The van der Waals surface area contributed by atoms with Gasteiger partial charge in [0.25, 0.3) is 0 Å². The Hall–Kier alpha value is -0.830. The van der Waals surface area contributed by atoms with Crippen LogP contribution in [0.4, 0.5) is 0 Å². The lowest BCUT2D eigenvalue weighted by Gasteiger charge is -2.16. The Kier molecular flexibility index (Phi) is 10.4. The summed E-state index contributed by atoms with van der Waals surface area (Å²) >= 11 is 1.75. The second-order valence-corrected chi connectivity index (χ2v) is 5.65. The normalized spacial score (nSPS) is 13.8. The highest BCUT2D eigenvalue weighted by molar-refractivity contribution is 14.0. The summed E-state index contributed by atoms with van der Waals surface area (Å²) in [6, 6.07) is 4.19. The SMILES string of the molecule is CN=C(NCC(C)C(=O)OC)NCC(C)c1cccs1.I. The Morgan fingerprint density at radius 2 is 2.05 bits per heavy atom. The highest BCUT2D eigenvalue weighted by Gasteiger charge is 2.13. The van der Waals surface area contributed by atoms with Crippen LogP contribution >= 0.6 is 35.3 Å². The van der Waals surface area contributed by atoms with Crippen molar-refractivity contribution in [3.05, 3.63) is 22.4 Å². The molecule has 1 aromatic rings. The largest absolute Gasteiger partial charge is 0.469 e. The first-order valence-electron chi connectivity index (χ1n) is 6.64. The molecule has 2 unspecified atom stereocenters. The fourth-order valence-electron chi connectivity index (χ4n) is 1.68. The van der Waals surface area contributed by atoms with Crippen LogP contribution in [0.5, 0.6) is 0 Å². The summed E-state index contributed by atoms with van der Waals surface area (Å²) in [5, 5.41) is 8.47. The van der Waals surface area contributed by atoms with E-state index in [1.807, 2.05) is 6.92 Å². The number of thiophene rings is 1. The third-order valence-electron chi connectivity index (χ3n) is 3.01. The summed E-state index contributed by atoms with van der Waals surface area (Å²) in [6.45, 7) is 5.29. The maximum Gasteiger partial charge on any atom is 0.310 e. The van der Waals surface area contributed by atoms with Crippen LogP contribution in [-0.4, -0.2) is 39.2 Å². The Morgan fingerprint density at radius 1 is 1.38 bits per heavy atom. The molecule has 1 aromatic heterocycles. The number of hydrogen-bond acceptors (Lipinski definition) is 4. The van der Waals surface area contributed by atoms with E-state index in [0.29, 0.717) is 18.4 Å². The number of nitrogens with zero attached hydrogens (tertiary/aromatic N) is 1. The van der Waals surface area contributed by atoms with Gasteiger partial charge in [-0.05, 0) is 11.4 Å². The van der Waals surface area contributed by atoms with Crippen LogP contribution < -0.4 is 10.6 Å². The van der Waals surface area contributed by atoms with Crippen LogP contribution in [0.1, 0.15) is 24.6 Å². The van der Waals surface area contributed by atoms with Crippen molar-refractivity contribution in [2.75, 3.05) is 27.2 Å². The van der Waals surface area contributed by atoms with Gasteiger partial charge in [-0.25, -0.2) is 0 Å². The minimum atomic E-state index is -0.222. The highest BCUT2D eigenvalue weighted by atomic mass is 127. The summed E-state index contributed by atoms with van der Waals surface area (Å²) in [5.41, 5.74) is 0. The molecule has 5 nitrogen and oxygen atoms in total. The molecule has 2 atom stereocenters. The molecule has 0 aliphatic rings. The molecule has 21 heavy (non-hydrogen) atoms. The zero-order valence-electron chi connectivity index (χ0n) is 12.9. The quantitative estimate of drug-likeness (QED) is 0.318. The molecule has 0 amide bonds. The molecule has 2 N–H and O–H groups in total. The van der Waals surface area contributed by atoms with E-state index in [0.717, 1.165) is 6.54 Å². The van der Waals surface area contributed by atoms with Gasteiger partial charge in [0.15, 0.2) is 5.96 Å². The molecule has 0 saturated carbocycles. The van der Waals surface area contributed by atoms with Crippen molar-refractivity contribution in [2.24, 2.45) is 10.9 Å². The van der Waals surface area contributed by atoms with Crippen molar-refractivity contribution in [1.29, 1.82) is 0 Å². The number of guanidine groups is 1. The summed E-state index contributed by atoms with van der Waals surface area (Å²) in [4.78, 5) is 16.8. The fraction of sp³-hybridized carbons (Fsp3) is 0.571. The number of hydrogen-bond donors (Lipinski definition) is 2. The van der Waals surface area contributed by atoms with Crippen molar-refractivity contribution in [2.45, 2.75) is 19.8 Å². The second kappa shape index (κ2) is 10.8. The third kappa shape index (κ3) is 7.12. The Balaban J connectivity index is 0.00000400.